The first-order valence-corrected chi connectivity index (χ1v) is 5.40. The van der Waals surface area contributed by atoms with Crippen LogP contribution in [0.3, 0.4) is 0 Å². The van der Waals surface area contributed by atoms with E-state index >= 15 is 0 Å². The van der Waals surface area contributed by atoms with Crippen molar-refractivity contribution in [1.82, 2.24) is 4.98 Å². The van der Waals surface area contributed by atoms with E-state index in [1.807, 2.05) is 0 Å². The number of pyridine rings is 1. The van der Waals surface area contributed by atoms with Crippen LogP contribution in [-0.2, 0) is 5.88 Å². The molecule has 106 valence electrons. The van der Waals surface area contributed by atoms with Crippen molar-refractivity contribution in [3.8, 4) is 5.75 Å². The average Bonchev–Trinajstić information content (AvgIpc) is 2.25. The Bertz CT molecular complexity index is 492. The maximum atomic E-state index is 12.6. The van der Waals surface area contributed by atoms with E-state index in [4.69, 9.17) is 23.2 Å². The molecule has 0 spiro atoms. The number of hydrogen-bond donors (Lipinski definition) is 0. The fraction of sp³-hybridized carbons (Fsp3) is 0.333. The largest absolute Gasteiger partial charge is 0.573 e. The van der Waals surface area contributed by atoms with Crippen LogP contribution in [0.25, 0.3) is 0 Å². The molecule has 0 atom stereocenters. The summed E-state index contributed by atoms with van der Waals surface area (Å²) in [6.07, 6.45) is -8.15. The van der Waals surface area contributed by atoms with Gasteiger partial charge in [0.15, 0.2) is 5.75 Å². The summed E-state index contributed by atoms with van der Waals surface area (Å²) in [7, 11) is 0. The molecule has 0 aromatic carbocycles. The summed E-state index contributed by atoms with van der Waals surface area (Å²) in [5.74, 6) is -1.88. The van der Waals surface area contributed by atoms with Gasteiger partial charge in [0.05, 0.1) is 22.7 Å². The van der Waals surface area contributed by atoms with Crippen molar-refractivity contribution in [2.75, 3.05) is 0 Å². The molecule has 0 fully saturated rings. The van der Waals surface area contributed by atoms with Crippen molar-refractivity contribution in [3.63, 3.8) is 0 Å². The first-order chi connectivity index (χ1) is 8.67. The minimum absolute atomic E-state index is 0.384. The molecule has 1 heterocycles. The number of alkyl halides is 6. The second kappa shape index (κ2) is 5.87. The van der Waals surface area contributed by atoms with E-state index in [9.17, 15) is 26.7 Å². The van der Waals surface area contributed by atoms with Gasteiger partial charge in [-0.1, -0.05) is 0 Å². The Hall–Kier alpha value is -1.15. The predicted molar refractivity (Wildman–Crippen MR) is 55.6 cm³/mol. The van der Waals surface area contributed by atoms with Crippen molar-refractivity contribution in [1.29, 1.82) is 0 Å². The summed E-state index contributed by atoms with van der Waals surface area (Å²) in [5, 5.41) is -1.43. The molecule has 0 N–H and O–H groups in total. The van der Waals surface area contributed by atoms with E-state index in [1.54, 1.807) is 0 Å². The summed E-state index contributed by atoms with van der Waals surface area (Å²) in [4.78, 5) is 14.4. The zero-order valence-electron chi connectivity index (χ0n) is 8.77. The van der Waals surface area contributed by atoms with E-state index in [-0.39, 0.29) is 5.69 Å². The molecule has 1 aromatic heterocycles. The van der Waals surface area contributed by atoms with Crippen molar-refractivity contribution in [2.24, 2.45) is 0 Å². The molecule has 1 aromatic rings. The Morgan fingerprint density at radius 1 is 1.42 bits per heavy atom. The molecular formula is C9H4Cl2F5NO2. The third-order valence-corrected chi connectivity index (χ3v) is 2.36. The lowest BCUT2D eigenvalue weighted by atomic mass is 10.1. The third-order valence-electron chi connectivity index (χ3n) is 1.91. The van der Waals surface area contributed by atoms with E-state index in [2.05, 4.69) is 9.72 Å². The van der Waals surface area contributed by atoms with Gasteiger partial charge >= 0.3 is 6.36 Å². The molecule has 19 heavy (non-hydrogen) atoms. The number of halogens is 7. The smallest absolute Gasteiger partial charge is 0.404 e. The van der Waals surface area contributed by atoms with Gasteiger partial charge in [0.2, 0.25) is 0 Å². The minimum atomic E-state index is -5.27. The van der Waals surface area contributed by atoms with E-state index in [0.717, 1.165) is 0 Å². The highest BCUT2D eigenvalue weighted by Crippen LogP contribution is 2.37. The standard InChI is InChI=1S/C9H4Cl2F5NO2/c10-1-4-5(7(11)18)6(19-9(14,15)16)3(2-17-4)8(12)13/h2,8H,1H2. The van der Waals surface area contributed by atoms with Crippen molar-refractivity contribution in [3.05, 3.63) is 23.0 Å². The lowest BCUT2D eigenvalue weighted by Gasteiger charge is -2.16. The Balaban J connectivity index is 3.53. The second-order valence-corrected chi connectivity index (χ2v) is 3.73. The fourth-order valence-corrected chi connectivity index (χ4v) is 1.63. The first-order valence-electron chi connectivity index (χ1n) is 4.48. The lowest BCUT2D eigenvalue weighted by molar-refractivity contribution is -0.275. The molecule has 0 aliphatic carbocycles. The summed E-state index contributed by atoms with van der Waals surface area (Å²) >= 11 is 10.4. The maximum Gasteiger partial charge on any atom is 0.573 e. The van der Waals surface area contributed by atoms with Crippen molar-refractivity contribution in [2.45, 2.75) is 18.7 Å². The maximum absolute atomic E-state index is 12.6. The topological polar surface area (TPSA) is 39.2 Å². The molecule has 3 nitrogen and oxygen atoms in total. The van der Waals surface area contributed by atoms with Crippen LogP contribution in [0, 0.1) is 0 Å². The number of carbonyl (C=O) groups is 1. The van der Waals surface area contributed by atoms with Crippen LogP contribution in [-0.4, -0.2) is 16.6 Å². The molecule has 10 heteroatoms. The highest BCUT2D eigenvalue weighted by Gasteiger charge is 2.36. The molecule has 0 bridgehead atoms. The number of aromatic nitrogens is 1. The summed E-state index contributed by atoms with van der Waals surface area (Å²) in [6.45, 7) is 0. The van der Waals surface area contributed by atoms with Crippen LogP contribution in [0.1, 0.15) is 28.0 Å². The molecule has 0 aliphatic rings. The Morgan fingerprint density at radius 3 is 2.37 bits per heavy atom. The SMILES string of the molecule is O=C(Cl)c1c(CCl)ncc(C(F)F)c1OC(F)(F)F. The minimum Gasteiger partial charge on any atom is -0.404 e. The van der Waals surface area contributed by atoms with Crippen molar-refractivity contribution < 1.29 is 31.5 Å². The molecular weight excluding hydrogens is 320 g/mol. The van der Waals surface area contributed by atoms with Gasteiger partial charge in [-0.05, 0) is 11.6 Å². The zero-order valence-corrected chi connectivity index (χ0v) is 10.3. The number of carbonyl (C=O) groups excluding carboxylic acids is 1. The molecule has 0 saturated heterocycles. The van der Waals surface area contributed by atoms with Crippen LogP contribution >= 0.6 is 23.2 Å². The molecule has 0 aliphatic heterocycles. The van der Waals surface area contributed by atoms with Crippen LogP contribution in [0.5, 0.6) is 5.75 Å². The van der Waals surface area contributed by atoms with Gasteiger partial charge in [-0.15, -0.1) is 24.8 Å². The normalized spacial score (nSPS) is 11.8. The number of ether oxygens (including phenoxy) is 1. The summed E-state index contributed by atoms with van der Waals surface area (Å²) in [6, 6.07) is 0. The average molecular weight is 324 g/mol. The lowest BCUT2D eigenvalue weighted by Crippen LogP contribution is -2.21. The van der Waals surface area contributed by atoms with Crippen LogP contribution < -0.4 is 4.74 Å². The van der Waals surface area contributed by atoms with Gasteiger partial charge in [0.1, 0.15) is 0 Å². The van der Waals surface area contributed by atoms with Crippen LogP contribution in [0.2, 0.25) is 0 Å². The van der Waals surface area contributed by atoms with E-state index < -0.39 is 40.8 Å². The van der Waals surface area contributed by atoms with Gasteiger partial charge in [0.25, 0.3) is 11.7 Å². The van der Waals surface area contributed by atoms with Gasteiger partial charge in [0, 0.05) is 6.20 Å². The van der Waals surface area contributed by atoms with Crippen LogP contribution in [0.4, 0.5) is 22.0 Å². The first kappa shape index (κ1) is 15.9. The Labute approximate surface area is 113 Å². The number of rotatable bonds is 4. The molecule has 0 unspecified atom stereocenters. The van der Waals surface area contributed by atoms with Gasteiger partial charge in [-0.25, -0.2) is 8.78 Å². The fourth-order valence-electron chi connectivity index (χ4n) is 1.23. The number of nitrogens with zero attached hydrogens (tertiary/aromatic N) is 1. The zero-order chi connectivity index (χ0) is 14.8. The number of hydrogen-bond acceptors (Lipinski definition) is 3. The second-order valence-electron chi connectivity index (χ2n) is 3.12. The summed E-state index contributed by atoms with van der Waals surface area (Å²) < 4.78 is 65.2. The van der Waals surface area contributed by atoms with Crippen LogP contribution in [0.15, 0.2) is 6.20 Å². The van der Waals surface area contributed by atoms with Gasteiger partial charge < -0.3 is 4.74 Å². The highest BCUT2D eigenvalue weighted by atomic mass is 35.5. The monoisotopic (exact) mass is 323 g/mol. The molecule has 0 saturated carbocycles. The van der Waals surface area contributed by atoms with Gasteiger partial charge in [-0.2, -0.15) is 0 Å². The Kier molecular flexibility index (Phi) is 4.92. The van der Waals surface area contributed by atoms with E-state index in [0.29, 0.717) is 6.20 Å². The summed E-state index contributed by atoms with van der Waals surface area (Å²) in [5.41, 5.74) is -2.51. The van der Waals surface area contributed by atoms with E-state index in [1.165, 1.54) is 0 Å². The van der Waals surface area contributed by atoms with Gasteiger partial charge in [-0.3, -0.25) is 9.78 Å². The predicted octanol–water partition coefficient (Wildman–Crippen LogP) is 4.04. The van der Waals surface area contributed by atoms with Crippen molar-refractivity contribution >= 4 is 28.4 Å². The molecule has 0 radical (unpaired) electrons. The highest BCUT2D eigenvalue weighted by molar-refractivity contribution is 6.68. The molecule has 0 amide bonds. The molecule has 1 rings (SSSR count). The third kappa shape index (κ3) is 3.90. The quantitative estimate of drug-likeness (QED) is 0.477. The Morgan fingerprint density at radius 2 is 2.00 bits per heavy atom.